The highest BCUT2D eigenvalue weighted by molar-refractivity contribution is 5.63. The van der Waals surface area contributed by atoms with Crippen molar-refractivity contribution in [1.82, 2.24) is 5.32 Å². The summed E-state index contributed by atoms with van der Waals surface area (Å²) in [5.41, 5.74) is 9.41. The van der Waals surface area contributed by atoms with Gasteiger partial charge in [0.25, 0.3) is 0 Å². The third-order valence-corrected chi connectivity index (χ3v) is 5.42. The molecule has 2 nitrogen and oxygen atoms in total. The Balaban J connectivity index is 2.22. The van der Waals surface area contributed by atoms with E-state index in [-0.39, 0.29) is 5.92 Å². The van der Waals surface area contributed by atoms with E-state index in [0.29, 0.717) is 12.1 Å². The van der Waals surface area contributed by atoms with Gasteiger partial charge in [-0.3, -0.25) is 0 Å². The summed E-state index contributed by atoms with van der Waals surface area (Å²) in [6.45, 7) is 7.82. The predicted octanol–water partition coefficient (Wildman–Crippen LogP) is 4.96. The number of benzene rings is 1. The molecule has 24 heavy (non-hydrogen) atoms. The molecule has 0 radical (unpaired) electrons. The molecule has 0 spiro atoms. The standard InChI is InChI=1S/C21H31FN2/c1-5-15(2)17-12-10-16(11-13-17)14-18-8-6-7-9-19(24-4)20(23)21(18,3)22/h10-13,18,24H,2,5-9,14,23H2,1,3-4H3/b20-19-. The number of rotatable bonds is 5. The van der Waals surface area contributed by atoms with Crippen molar-refractivity contribution >= 4 is 5.57 Å². The van der Waals surface area contributed by atoms with Crippen molar-refractivity contribution in [2.75, 3.05) is 7.05 Å². The summed E-state index contributed by atoms with van der Waals surface area (Å²) in [7, 11) is 1.83. The van der Waals surface area contributed by atoms with Crippen LogP contribution in [-0.4, -0.2) is 12.7 Å². The third-order valence-electron chi connectivity index (χ3n) is 5.42. The number of nitrogens with two attached hydrogens (primary N) is 1. The Hall–Kier alpha value is -1.77. The van der Waals surface area contributed by atoms with E-state index in [1.165, 1.54) is 5.56 Å². The fourth-order valence-electron chi connectivity index (χ4n) is 3.53. The molecule has 1 aliphatic carbocycles. The van der Waals surface area contributed by atoms with Gasteiger partial charge in [0.2, 0.25) is 0 Å². The Kier molecular flexibility index (Phi) is 6.09. The molecule has 0 heterocycles. The van der Waals surface area contributed by atoms with Crippen molar-refractivity contribution in [3.63, 3.8) is 0 Å². The fourth-order valence-corrected chi connectivity index (χ4v) is 3.53. The molecule has 1 aromatic rings. The maximum atomic E-state index is 15.5. The van der Waals surface area contributed by atoms with Crippen molar-refractivity contribution < 1.29 is 4.39 Å². The summed E-state index contributed by atoms with van der Waals surface area (Å²) in [4.78, 5) is 0. The molecule has 0 amide bonds. The highest BCUT2D eigenvalue weighted by Crippen LogP contribution is 2.37. The molecule has 2 atom stereocenters. The van der Waals surface area contributed by atoms with Crippen LogP contribution in [0.15, 0.2) is 42.2 Å². The zero-order chi connectivity index (χ0) is 17.7. The van der Waals surface area contributed by atoms with Crippen molar-refractivity contribution in [1.29, 1.82) is 0 Å². The predicted molar refractivity (Wildman–Crippen MR) is 101 cm³/mol. The van der Waals surface area contributed by atoms with Gasteiger partial charge in [-0.05, 0) is 55.7 Å². The number of hydrogen-bond donors (Lipinski definition) is 2. The summed E-state index contributed by atoms with van der Waals surface area (Å²) in [6, 6.07) is 8.39. The molecule has 1 aromatic carbocycles. The zero-order valence-electron chi connectivity index (χ0n) is 15.3. The minimum absolute atomic E-state index is 0.0959. The first-order valence-corrected chi connectivity index (χ1v) is 9.03. The molecule has 0 saturated carbocycles. The highest BCUT2D eigenvalue weighted by Gasteiger charge is 2.39. The summed E-state index contributed by atoms with van der Waals surface area (Å²) in [5, 5.41) is 3.09. The Bertz CT molecular complexity index is 599. The first kappa shape index (κ1) is 18.6. The number of halogens is 1. The van der Waals surface area contributed by atoms with Gasteiger partial charge in [0.05, 0.1) is 5.70 Å². The summed E-state index contributed by atoms with van der Waals surface area (Å²) < 4.78 is 15.5. The summed E-state index contributed by atoms with van der Waals surface area (Å²) >= 11 is 0. The minimum Gasteiger partial charge on any atom is -0.398 e. The molecule has 2 rings (SSSR count). The minimum atomic E-state index is -1.48. The molecule has 1 aliphatic rings. The van der Waals surface area contributed by atoms with Crippen LogP contribution in [0.4, 0.5) is 4.39 Å². The Labute approximate surface area is 146 Å². The van der Waals surface area contributed by atoms with E-state index in [2.05, 4.69) is 43.1 Å². The van der Waals surface area contributed by atoms with E-state index in [1.807, 2.05) is 7.05 Å². The average Bonchev–Trinajstić information content (AvgIpc) is 2.59. The Morgan fingerprint density at radius 1 is 1.33 bits per heavy atom. The number of hydrogen-bond acceptors (Lipinski definition) is 2. The van der Waals surface area contributed by atoms with E-state index in [0.717, 1.165) is 48.9 Å². The molecule has 3 N–H and O–H groups in total. The topological polar surface area (TPSA) is 38.0 Å². The van der Waals surface area contributed by atoms with E-state index < -0.39 is 5.67 Å². The SMILES string of the molecule is C=C(CC)c1ccc(CC2CCCC/C(NC)=C(/N)C2(C)F)cc1. The highest BCUT2D eigenvalue weighted by atomic mass is 19.1. The van der Waals surface area contributed by atoms with Crippen LogP contribution in [-0.2, 0) is 6.42 Å². The van der Waals surface area contributed by atoms with Crippen LogP contribution in [0.25, 0.3) is 5.57 Å². The van der Waals surface area contributed by atoms with Gasteiger partial charge in [0.1, 0.15) is 0 Å². The smallest absolute Gasteiger partial charge is 0.152 e. The number of nitrogens with one attached hydrogen (secondary N) is 1. The lowest BCUT2D eigenvalue weighted by molar-refractivity contribution is 0.126. The summed E-state index contributed by atoms with van der Waals surface area (Å²) in [6.07, 6.45) is 5.45. The molecule has 3 heteroatoms. The van der Waals surface area contributed by atoms with Crippen LogP contribution < -0.4 is 11.1 Å². The average molecular weight is 330 g/mol. The van der Waals surface area contributed by atoms with Gasteiger partial charge in [-0.2, -0.15) is 0 Å². The molecule has 132 valence electrons. The molecular weight excluding hydrogens is 299 g/mol. The van der Waals surface area contributed by atoms with Gasteiger partial charge in [-0.25, -0.2) is 4.39 Å². The summed E-state index contributed by atoms with van der Waals surface area (Å²) in [5.74, 6) is -0.0959. The van der Waals surface area contributed by atoms with Crippen LogP contribution in [0.1, 0.15) is 57.1 Å². The molecule has 0 saturated heterocycles. The first-order valence-electron chi connectivity index (χ1n) is 9.03. The normalized spacial score (nSPS) is 28.1. The molecule has 0 bridgehead atoms. The molecule has 0 aromatic heterocycles. The van der Waals surface area contributed by atoms with E-state index in [9.17, 15) is 0 Å². The van der Waals surface area contributed by atoms with Gasteiger partial charge in [0, 0.05) is 18.7 Å². The van der Waals surface area contributed by atoms with Gasteiger partial charge >= 0.3 is 0 Å². The lowest BCUT2D eigenvalue weighted by atomic mass is 9.77. The maximum Gasteiger partial charge on any atom is 0.152 e. The lowest BCUT2D eigenvalue weighted by Crippen LogP contribution is -2.40. The van der Waals surface area contributed by atoms with Crippen LogP contribution >= 0.6 is 0 Å². The van der Waals surface area contributed by atoms with Crippen molar-refractivity contribution in [3.05, 3.63) is 53.4 Å². The van der Waals surface area contributed by atoms with Gasteiger partial charge in [0.15, 0.2) is 5.67 Å². The molecule has 2 unspecified atom stereocenters. The monoisotopic (exact) mass is 330 g/mol. The fraction of sp³-hybridized carbons (Fsp3) is 0.524. The van der Waals surface area contributed by atoms with Crippen LogP contribution in [0.5, 0.6) is 0 Å². The van der Waals surface area contributed by atoms with Crippen molar-refractivity contribution in [3.8, 4) is 0 Å². The maximum absolute atomic E-state index is 15.5. The van der Waals surface area contributed by atoms with Gasteiger partial charge < -0.3 is 11.1 Å². The zero-order valence-corrected chi connectivity index (χ0v) is 15.3. The van der Waals surface area contributed by atoms with Crippen molar-refractivity contribution in [2.45, 2.75) is 58.0 Å². The quantitative estimate of drug-likeness (QED) is 0.801. The second-order valence-electron chi connectivity index (χ2n) is 7.02. The second kappa shape index (κ2) is 7.87. The van der Waals surface area contributed by atoms with Crippen LogP contribution in [0.3, 0.4) is 0 Å². The second-order valence-corrected chi connectivity index (χ2v) is 7.02. The van der Waals surface area contributed by atoms with Crippen LogP contribution in [0, 0.1) is 5.92 Å². The molecule has 0 fully saturated rings. The Morgan fingerprint density at radius 3 is 2.58 bits per heavy atom. The van der Waals surface area contributed by atoms with Gasteiger partial charge in [-0.1, -0.05) is 44.2 Å². The number of alkyl halides is 1. The number of allylic oxidation sites excluding steroid dienone is 3. The van der Waals surface area contributed by atoms with Crippen LogP contribution in [0.2, 0.25) is 0 Å². The largest absolute Gasteiger partial charge is 0.398 e. The van der Waals surface area contributed by atoms with E-state index >= 15 is 4.39 Å². The molecule has 0 aliphatic heterocycles. The van der Waals surface area contributed by atoms with E-state index in [4.69, 9.17) is 5.73 Å². The molecular formula is C21H31FN2. The Morgan fingerprint density at radius 2 is 2.00 bits per heavy atom. The van der Waals surface area contributed by atoms with Crippen molar-refractivity contribution in [2.24, 2.45) is 11.7 Å². The van der Waals surface area contributed by atoms with E-state index in [1.54, 1.807) is 6.92 Å². The third kappa shape index (κ3) is 4.00. The first-order chi connectivity index (χ1) is 11.4. The lowest BCUT2D eigenvalue weighted by Gasteiger charge is -2.34. The van der Waals surface area contributed by atoms with Gasteiger partial charge in [-0.15, -0.1) is 0 Å².